The van der Waals surface area contributed by atoms with Crippen molar-refractivity contribution >= 4 is 16.9 Å². The fourth-order valence-electron chi connectivity index (χ4n) is 5.56. The van der Waals surface area contributed by atoms with E-state index in [2.05, 4.69) is 11.4 Å². The summed E-state index contributed by atoms with van der Waals surface area (Å²) in [5.74, 6) is 1.80. The van der Waals surface area contributed by atoms with Crippen molar-refractivity contribution in [3.05, 3.63) is 63.0 Å². The van der Waals surface area contributed by atoms with Crippen LogP contribution in [0.4, 0.5) is 0 Å². The van der Waals surface area contributed by atoms with Gasteiger partial charge in [-0.2, -0.15) is 0 Å². The maximum absolute atomic E-state index is 12.9. The van der Waals surface area contributed by atoms with E-state index < -0.39 is 5.63 Å². The molecule has 1 saturated carbocycles. The van der Waals surface area contributed by atoms with Crippen molar-refractivity contribution in [1.29, 1.82) is 0 Å². The van der Waals surface area contributed by atoms with Crippen molar-refractivity contribution in [3.8, 4) is 17.2 Å². The van der Waals surface area contributed by atoms with Crippen LogP contribution in [0.1, 0.15) is 60.8 Å². The van der Waals surface area contributed by atoms with Gasteiger partial charge in [0.05, 0.1) is 26.2 Å². The Hall–Kier alpha value is -3.48. The lowest BCUT2D eigenvalue weighted by atomic mass is 9.79. The molecule has 7 nitrogen and oxygen atoms in total. The van der Waals surface area contributed by atoms with Gasteiger partial charge in [0, 0.05) is 18.0 Å². The fourth-order valence-corrected chi connectivity index (χ4v) is 5.56. The summed E-state index contributed by atoms with van der Waals surface area (Å²) in [5.41, 5.74) is 3.13. The smallest absolute Gasteiger partial charge is 0.340 e. The quantitative estimate of drug-likeness (QED) is 0.488. The summed E-state index contributed by atoms with van der Waals surface area (Å²) in [6.07, 6.45) is 7.78. The zero-order chi connectivity index (χ0) is 25.3. The molecular weight excluding hydrogens is 458 g/mol. The second-order valence-corrected chi connectivity index (χ2v) is 9.94. The molecule has 1 aliphatic heterocycles. The third-order valence-electron chi connectivity index (χ3n) is 7.68. The molecule has 7 heteroatoms. The van der Waals surface area contributed by atoms with E-state index in [9.17, 15) is 9.59 Å². The molecule has 0 radical (unpaired) electrons. The minimum Gasteiger partial charge on any atom is -0.493 e. The maximum Gasteiger partial charge on any atom is 0.340 e. The van der Waals surface area contributed by atoms with Crippen LogP contribution in [-0.2, 0) is 24.2 Å². The Morgan fingerprint density at radius 3 is 2.56 bits per heavy atom. The number of aryl methyl sites for hydroxylation is 2. The SMILES string of the molecule is COc1ccc(CNC(=O)Cc2c(C)c3cc4c(cc3oc2=O)OC2(CCCCC2)CC4)cc1OC. The molecule has 0 saturated heterocycles. The highest BCUT2D eigenvalue weighted by molar-refractivity contribution is 5.86. The van der Waals surface area contributed by atoms with Gasteiger partial charge in [-0.25, -0.2) is 4.79 Å². The lowest BCUT2D eigenvalue weighted by molar-refractivity contribution is -0.120. The lowest BCUT2D eigenvalue weighted by Crippen LogP contribution is -2.41. The Balaban J connectivity index is 1.34. The number of ether oxygens (including phenoxy) is 3. The highest BCUT2D eigenvalue weighted by Crippen LogP contribution is 2.43. The Labute approximate surface area is 210 Å². The normalized spacial score (nSPS) is 16.3. The molecule has 0 atom stereocenters. The molecule has 5 rings (SSSR count). The second kappa shape index (κ2) is 9.88. The predicted octanol–water partition coefficient (Wildman–Crippen LogP) is 5.01. The van der Waals surface area contributed by atoms with Crippen molar-refractivity contribution in [1.82, 2.24) is 5.32 Å². The molecule has 2 heterocycles. The van der Waals surface area contributed by atoms with E-state index in [-0.39, 0.29) is 17.9 Å². The largest absolute Gasteiger partial charge is 0.493 e. The number of nitrogens with one attached hydrogen (secondary N) is 1. The average molecular weight is 492 g/mol. The van der Waals surface area contributed by atoms with Crippen molar-refractivity contribution in [3.63, 3.8) is 0 Å². The molecule has 190 valence electrons. The number of methoxy groups -OCH3 is 2. The maximum atomic E-state index is 12.9. The summed E-state index contributed by atoms with van der Waals surface area (Å²) in [4.78, 5) is 25.6. The molecule has 36 heavy (non-hydrogen) atoms. The van der Waals surface area contributed by atoms with Crippen LogP contribution in [0.5, 0.6) is 17.2 Å². The zero-order valence-electron chi connectivity index (χ0n) is 21.2. The topological polar surface area (TPSA) is 87.0 Å². The molecule has 1 amide bonds. The van der Waals surface area contributed by atoms with Crippen molar-refractivity contribution < 1.29 is 23.4 Å². The van der Waals surface area contributed by atoms with Crippen molar-refractivity contribution in [2.45, 2.75) is 70.4 Å². The third kappa shape index (κ3) is 4.66. The number of hydrogen-bond acceptors (Lipinski definition) is 6. The number of benzene rings is 2. The van der Waals surface area contributed by atoms with Gasteiger partial charge >= 0.3 is 5.63 Å². The predicted molar refractivity (Wildman–Crippen MR) is 137 cm³/mol. The number of carbonyl (C=O) groups excluding carboxylic acids is 1. The Morgan fingerprint density at radius 2 is 1.81 bits per heavy atom. The molecule has 1 N–H and O–H groups in total. The third-order valence-corrected chi connectivity index (χ3v) is 7.68. The van der Waals surface area contributed by atoms with E-state index >= 15 is 0 Å². The van der Waals surface area contributed by atoms with E-state index in [4.69, 9.17) is 18.6 Å². The number of carbonyl (C=O) groups is 1. The molecule has 1 fully saturated rings. The summed E-state index contributed by atoms with van der Waals surface area (Å²) >= 11 is 0. The zero-order valence-corrected chi connectivity index (χ0v) is 21.2. The first-order chi connectivity index (χ1) is 17.4. The molecule has 1 spiro atoms. The average Bonchev–Trinajstić information content (AvgIpc) is 2.89. The van der Waals surface area contributed by atoms with Gasteiger partial charge in [0.1, 0.15) is 16.9 Å². The highest BCUT2D eigenvalue weighted by atomic mass is 16.5. The fraction of sp³-hybridized carbons (Fsp3) is 0.448. The summed E-state index contributed by atoms with van der Waals surface area (Å²) in [5, 5.41) is 3.75. The minimum atomic E-state index is -0.482. The van der Waals surface area contributed by atoms with Crippen LogP contribution in [-0.4, -0.2) is 25.7 Å². The van der Waals surface area contributed by atoms with E-state index in [1.54, 1.807) is 20.3 Å². The summed E-state index contributed by atoms with van der Waals surface area (Å²) < 4.78 is 22.8. The van der Waals surface area contributed by atoms with Gasteiger partial charge in [0.2, 0.25) is 5.91 Å². The number of amides is 1. The first-order valence-corrected chi connectivity index (χ1v) is 12.7. The molecule has 1 aliphatic carbocycles. The Morgan fingerprint density at radius 1 is 1.03 bits per heavy atom. The van der Waals surface area contributed by atoms with Crippen LogP contribution >= 0.6 is 0 Å². The summed E-state index contributed by atoms with van der Waals surface area (Å²) in [6, 6.07) is 9.42. The molecule has 2 aromatic carbocycles. The molecule has 0 unspecified atom stereocenters. The summed E-state index contributed by atoms with van der Waals surface area (Å²) in [7, 11) is 3.14. The van der Waals surface area contributed by atoms with Crippen LogP contribution in [0.25, 0.3) is 11.0 Å². The van der Waals surface area contributed by atoms with Crippen LogP contribution < -0.4 is 25.2 Å². The van der Waals surface area contributed by atoms with Crippen LogP contribution in [0, 0.1) is 6.92 Å². The number of fused-ring (bicyclic) bond motifs is 2. The van der Waals surface area contributed by atoms with Crippen LogP contribution in [0.15, 0.2) is 39.5 Å². The molecule has 3 aromatic rings. The van der Waals surface area contributed by atoms with Gasteiger partial charge in [-0.15, -0.1) is 0 Å². The molecule has 0 bridgehead atoms. The lowest BCUT2D eigenvalue weighted by Gasteiger charge is -2.41. The van der Waals surface area contributed by atoms with Gasteiger partial charge in [-0.1, -0.05) is 12.5 Å². The number of rotatable bonds is 6. The van der Waals surface area contributed by atoms with Gasteiger partial charge in [-0.3, -0.25) is 4.79 Å². The second-order valence-electron chi connectivity index (χ2n) is 9.94. The van der Waals surface area contributed by atoms with Crippen molar-refractivity contribution in [2.24, 2.45) is 0 Å². The highest BCUT2D eigenvalue weighted by Gasteiger charge is 2.37. The minimum absolute atomic E-state index is 0.0475. The Bertz CT molecular complexity index is 1350. The van der Waals surface area contributed by atoms with Crippen LogP contribution in [0.2, 0.25) is 0 Å². The van der Waals surface area contributed by atoms with Crippen LogP contribution in [0.3, 0.4) is 0 Å². The first-order valence-electron chi connectivity index (χ1n) is 12.7. The molecule has 2 aliphatic rings. The van der Waals surface area contributed by atoms with Crippen molar-refractivity contribution in [2.75, 3.05) is 14.2 Å². The Kier molecular flexibility index (Phi) is 6.65. The first kappa shape index (κ1) is 24.2. The van der Waals surface area contributed by atoms with E-state index in [1.165, 1.54) is 19.3 Å². The van der Waals surface area contributed by atoms with Gasteiger partial charge in [-0.05, 0) is 80.3 Å². The van der Waals surface area contributed by atoms with Gasteiger partial charge < -0.3 is 23.9 Å². The monoisotopic (exact) mass is 491 g/mol. The summed E-state index contributed by atoms with van der Waals surface area (Å²) in [6.45, 7) is 2.19. The molecular formula is C29H33NO6. The van der Waals surface area contributed by atoms with E-state index in [0.717, 1.165) is 53.5 Å². The van der Waals surface area contributed by atoms with E-state index in [0.29, 0.717) is 29.2 Å². The molecule has 1 aromatic heterocycles. The van der Waals surface area contributed by atoms with Gasteiger partial charge in [0.15, 0.2) is 11.5 Å². The van der Waals surface area contributed by atoms with E-state index in [1.807, 2.05) is 25.1 Å². The number of hydrogen-bond donors (Lipinski definition) is 1. The van der Waals surface area contributed by atoms with Gasteiger partial charge in [0.25, 0.3) is 0 Å². The standard InChI is InChI=1S/C29H33NO6/c1-18-21-14-20-9-12-29(10-5-4-6-11-29)36-24(20)16-25(21)35-28(32)22(18)15-27(31)30-17-19-7-8-23(33-2)26(13-19)34-3/h7-8,13-14,16H,4-6,9-12,15,17H2,1-3H3,(H,30,31).